The van der Waals surface area contributed by atoms with E-state index in [2.05, 4.69) is 16.3 Å². The molecule has 1 heterocycles. The van der Waals surface area contributed by atoms with Crippen molar-refractivity contribution in [3.63, 3.8) is 0 Å². The Bertz CT molecular complexity index is 1180. The minimum Gasteiger partial charge on any atom is -0.402 e. The van der Waals surface area contributed by atoms with Crippen molar-refractivity contribution >= 4 is 11.6 Å². The molecule has 4 rings (SSSR count). The average Bonchev–Trinajstić information content (AvgIpc) is 2.93. The number of carbonyl (C=O) groups excluding carboxylic acids is 2. The van der Waals surface area contributed by atoms with Crippen LogP contribution in [0.5, 0.6) is 0 Å². The molecule has 1 unspecified atom stereocenters. The molecule has 0 radical (unpaired) electrons. The second kappa shape index (κ2) is 17.5. The molecular weight excluding hydrogens is 496 g/mol. The third kappa shape index (κ3) is 13.1. The van der Waals surface area contributed by atoms with Gasteiger partial charge in [-0.3, -0.25) is 9.59 Å². The lowest BCUT2D eigenvalue weighted by molar-refractivity contribution is -0.117. The monoisotopic (exact) mass is 540 g/mol. The van der Waals surface area contributed by atoms with E-state index < -0.39 is 0 Å². The van der Waals surface area contributed by atoms with Crippen LogP contribution in [-0.2, 0) is 22.4 Å². The molecule has 212 valence electrons. The summed E-state index contributed by atoms with van der Waals surface area (Å²) in [5.74, 6) is 1.32. The molecule has 0 amide bonds. The molecule has 2 atom stereocenters. The number of nitrogens with two attached hydrogens (primary N) is 2. The van der Waals surface area contributed by atoms with E-state index in [0.29, 0.717) is 24.7 Å². The first kappa shape index (κ1) is 32.2. The molecule has 1 aliphatic carbocycles. The summed E-state index contributed by atoms with van der Waals surface area (Å²) in [4.78, 5) is 21.2. The van der Waals surface area contributed by atoms with Gasteiger partial charge in [-0.1, -0.05) is 67.1 Å². The summed E-state index contributed by atoms with van der Waals surface area (Å²) in [7, 11) is 0. The Kier molecular flexibility index (Phi) is 14.1. The molecule has 4 N–H and O–H groups in total. The van der Waals surface area contributed by atoms with Gasteiger partial charge in [0.1, 0.15) is 11.6 Å². The summed E-state index contributed by atoms with van der Waals surface area (Å²) in [5.41, 5.74) is 17.8. The predicted molar refractivity (Wildman–Crippen MR) is 163 cm³/mol. The van der Waals surface area contributed by atoms with E-state index in [1.165, 1.54) is 12.8 Å². The van der Waals surface area contributed by atoms with E-state index in [0.717, 1.165) is 46.8 Å². The minimum absolute atomic E-state index is 0.214. The van der Waals surface area contributed by atoms with Gasteiger partial charge in [-0.15, -0.1) is 0 Å². The zero-order valence-corrected chi connectivity index (χ0v) is 24.3. The van der Waals surface area contributed by atoms with Crippen molar-refractivity contribution in [2.24, 2.45) is 17.4 Å². The number of rotatable bonds is 7. The summed E-state index contributed by atoms with van der Waals surface area (Å²) in [6.45, 7) is 7.04. The third-order valence-electron chi connectivity index (χ3n) is 6.51. The predicted octanol–water partition coefficient (Wildman–Crippen LogP) is 6.40. The Hall–Kier alpha value is -4.06. The lowest BCUT2D eigenvalue weighted by atomic mass is 9.78. The maximum atomic E-state index is 10.6. The fraction of sp³-hybridized carbons (Fsp3) is 0.353. The summed E-state index contributed by atoms with van der Waals surface area (Å²) in [5, 5.41) is 8.49. The summed E-state index contributed by atoms with van der Waals surface area (Å²) < 4.78 is 0. The minimum atomic E-state index is 0.214. The fourth-order valence-electron chi connectivity index (χ4n) is 4.52. The van der Waals surface area contributed by atoms with E-state index in [1.807, 2.05) is 92.7 Å². The van der Waals surface area contributed by atoms with Crippen LogP contribution < -0.4 is 11.5 Å². The number of hydrogen-bond donors (Lipinski definition) is 2. The van der Waals surface area contributed by atoms with Crippen molar-refractivity contribution in [3.05, 3.63) is 119 Å². The molecule has 0 bridgehead atoms. The van der Waals surface area contributed by atoms with Crippen molar-refractivity contribution in [1.82, 2.24) is 10.2 Å². The molecule has 0 spiro atoms. The van der Waals surface area contributed by atoms with Gasteiger partial charge in [-0.2, -0.15) is 10.2 Å². The van der Waals surface area contributed by atoms with Crippen LogP contribution in [0.4, 0.5) is 0 Å². The van der Waals surface area contributed by atoms with E-state index in [9.17, 15) is 9.59 Å². The van der Waals surface area contributed by atoms with Gasteiger partial charge in [-0.25, -0.2) is 0 Å². The average molecular weight is 541 g/mol. The lowest BCUT2D eigenvalue weighted by Crippen LogP contribution is -2.20. The molecule has 2 aromatic carbocycles. The molecule has 6 heteroatoms. The normalized spacial score (nSPS) is 17.0. The van der Waals surface area contributed by atoms with E-state index in [-0.39, 0.29) is 11.6 Å². The Labute approximate surface area is 239 Å². The fourth-order valence-corrected chi connectivity index (χ4v) is 4.52. The highest BCUT2D eigenvalue weighted by Gasteiger charge is 2.25. The van der Waals surface area contributed by atoms with E-state index in [1.54, 1.807) is 13.8 Å². The van der Waals surface area contributed by atoms with Crippen LogP contribution in [0.25, 0.3) is 0 Å². The van der Waals surface area contributed by atoms with Gasteiger partial charge in [0.15, 0.2) is 0 Å². The number of benzene rings is 2. The molecule has 1 aliphatic rings. The first-order chi connectivity index (χ1) is 19.1. The Balaban J connectivity index is 0.000000235. The third-order valence-corrected chi connectivity index (χ3v) is 6.51. The summed E-state index contributed by atoms with van der Waals surface area (Å²) in [6, 6.07) is 23.6. The number of aromatic nitrogens is 2. The molecule has 1 aromatic heterocycles. The van der Waals surface area contributed by atoms with Crippen LogP contribution in [0.15, 0.2) is 96.3 Å². The Morgan fingerprint density at radius 3 is 1.77 bits per heavy atom. The summed E-state index contributed by atoms with van der Waals surface area (Å²) in [6.07, 6.45) is 9.50. The highest BCUT2D eigenvalue weighted by molar-refractivity contribution is 5.78. The van der Waals surface area contributed by atoms with Gasteiger partial charge in [0.25, 0.3) is 0 Å². The molecule has 3 aromatic rings. The van der Waals surface area contributed by atoms with Crippen LogP contribution in [0.1, 0.15) is 74.9 Å². The van der Waals surface area contributed by atoms with Crippen LogP contribution in [0.3, 0.4) is 0 Å². The molecular formula is C34H44N4O2. The van der Waals surface area contributed by atoms with Crippen molar-refractivity contribution < 1.29 is 9.59 Å². The van der Waals surface area contributed by atoms with Crippen molar-refractivity contribution in [2.45, 2.75) is 72.1 Å². The number of carbonyl (C=O) groups is 2. The van der Waals surface area contributed by atoms with Crippen LogP contribution in [0, 0.1) is 12.8 Å². The van der Waals surface area contributed by atoms with Gasteiger partial charge < -0.3 is 11.5 Å². The van der Waals surface area contributed by atoms with Gasteiger partial charge in [0.2, 0.25) is 0 Å². The van der Waals surface area contributed by atoms with Crippen LogP contribution >= 0.6 is 0 Å². The first-order valence-corrected chi connectivity index (χ1v) is 13.9. The van der Waals surface area contributed by atoms with Gasteiger partial charge in [-0.05, 0) is 88.3 Å². The van der Waals surface area contributed by atoms with E-state index >= 15 is 0 Å². The van der Waals surface area contributed by atoms with Gasteiger partial charge in [0, 0.05) is 30.2 Å². The number of allylic oxidation sites excluding steroid dienone is 4. The van der Waals surface area contributed by atoms with Gasteiger partial charge >= 0.3 is 0 Å². The van der Waals surface area contributed by atoms with Crippen LogP contribution in [-0.4, -0.2) is 21.8 Å². The zero-order chi connectivity index (χ0) is 29.3. The van der Waals surface area contributed by atoms with Crippen molar-refractivity contribution in [3.8, 4) is 0 Å². The lowest BCUT2D eigenvalue weighted by Gasteiger charge is -2.28. The Morgan fingerprint density at radius 2 is 1.32 bits per heavy atom. The number of aryl methyl sites for hydroxylation is 1. The standard InChI is InChI=1S/C16H24N4.2C9H10O/c1-11(17)6-8-15(18)13-4-3-5-14(10-13)16-9-7-12(2)19-20-16;2*1-8(10)7-9-5-3-2-4-6-9/h6-9,13-14H,3-5,10,17-18H2,1-2H3;2*2-6H,7H2,1H3/b11-6-,15-8-;;/t13?,14-;;/m1../s1. The maximum Gasteiger partial charge on any atom is 0.134 e. The van der Waals surface area contributed by atoms with Crippen molar-refractivity contribution in [1.29, 1.82) is 0 Å². The number of ketones is 2. The maximum absolute atomic E-state index is 10.6. The SMILES string of the molecule is C/C(N)=C/C=C(\N)C1CCC[C@@H](c2ccc(C)nn2)C1.CC(=O)Cc1ccccc1.CC(=O)Cc1ccccc1. The topological polar surface area (TPSA) is 112 Å². The molecule has 1 fully saturated rings. The Morgan fingerprint density at radius 1 is 0.775 bits per heavy atom. The molecule has 0 saturated heterocycles. The van der Waals surface area contributed by atoms with Crippen LogP contribution in [0.2, 0.25) is 0 Å². The molecule has 0 aliphatic heterocycles. The second-order valence-corrected chi connectivity index (χ2v) is 10.5. The zero-order valence-electron chi connectivity index (χ0n) is 24.3. The number of Topliss-reactive ketones (excluding diaryl/α,β-unsaturated/α-hetero) is 2. The number of nitrogens with zero attached hydrogens (tertiary/aromatic N) is 2. The largest absolute Gasteiger partial charge is 0.402 e. The molecule has 40 heavy (non-hydrogen) atoms. The second-order valence-electron chi connectivity index (χ2n) is 10.5. The number of hydrogen-bond acceptors (Lipinski definition) is 6. The smallest absolute Gasteiger partial charge is 0.134 e. The highest BCUT2D eigenvalue weighted by atomic mass is 16.1. The quantitative estimate of drug-likeness (QED) is 0.335. The molecule has 1 saturated carbocycles. The first-order valence-electron chi connectivity index (χ1n) is 13.9. The highest BCUT2D eigenvalue weighted by Crippen LogP contribution is 2.37. The molecule has 6 nitrogen and oxygen atoms in total. The van der Waals surface area contributed by atoms with E-state index in [4.69, 9.17) is 11.5 Å². The van der Waals surface area contributed by atoms with Crippen molar-refractivity contribution in [2.75, 3.05) is 0 Å². The van der Waals surface area contributed by atoms with Gasteiger partial charge in [0.05, 0.1) is 11.4 Å². The summed E-state index contributed by atoms with van der Waals surface area (Å²) >= 11 is 0.